The molecule has 0 unspecified atom stereocenters. The average molecular weight is 311 g/mol. The number of alkyl halides is 3. The Morgan fingerprint density at radius 2 is 1.57 bits per heavy atom. The number of imidazole rings is 1. The second kappa shape index (κ2) is 4.92. The summed E-state index contributed by atoms with van der Waals surface area (Å²) in [7, 11) is 0. The lowest BCUT2D eigenvalue weighted by molar-refractivity contribution is -0.675. The quantitative estimate of drug-likeness (QED) is 0.454. The molecule has 1 aromatic heterocycles. The van der Waals surface area contributed by atoms with Gasteiger partial charge in [0, 0.05) is 6.92 Å². The Kier molecular flexibility index (Phi) is 3.67. The molecule has 0 fully saturated rings. The van der Waals surface area contributed by atoms with Gasteiger partial charge in [0.25, 0.3) is 5.82 Å². The molecule has 0 spiro atoms. The molecule has 0 aliphatic carbocycles. The van der Waals surface area contributed by atoms with E-state index >= 15 is 0 Å². The van der Waals surface area contributed by atoms with E-state index < -0.39 is 40.2 Å². The van der Waals surface area contributed by atoms with E-state index in [9.17, 15) is 26.3 Å². The number of fused-ring (bicyclic) bond motifs is 1. The fourth-order valence-corrected chi connectivity index (χ4v) is 2.62. The summed E-state index contributed by atoms with van der Waals surface area (Å²) >= 11 is 0. The Hall–Kier alpha value is -1.73. The highest BCUT2D eigenvalue weighted by atomic mass is 19.4. The number of hydrogen-bond donors (Lipinski definition) is 0. The van der Waals surface area contributed by atoms with Crippen LogP contribution in [0.2, 0.25) is 0 Å². The monoisotopic (exact) mass is 311 g/mol. The van der Waals surface area contributed by atoms with Crippen LogP contribution < -0.4 is 4.57 Å². The van der Waals surface area contributed by atoms with Gasteiger partial charge in [-0.15, -0.1) is 0 Å². The molecule has 2 rings (SSSR count). The summed E-state index contributed by atoms with van der Waals surface area (Å²) in [6.07, 6.45) is -5.31. The second-order valence-electron chi connectivity index (χ2n) is 4.55. The van der Waals surface area contributed by atoms with Gasteiger partial charge in [0.05, 0.1) is 13.1 Å². The summed E-state index contributed by atoms with van der Waals surface area (Å²) < 4.78 is 82.8. The highest BCUT2D eigenvalue weighted by Gasteiger charge is 2.44. The van der Waals surface area contributed by atoms with Gasteiger partial charge in [-0.1, -0.05) is 0 Å². The number of benzene rings is 1. The van der Waals surface area contributed by atoms with Crippen molar-refractivity contribution in [3.8, 4) is 0 Å². The minimum atomic E-state index is -5.31. The molecule has 116 valence electrons. The first-order chi connectivity index (χ1) is 9.66. The van der Waals surface area contributed by atoms with Crippen LogP contribution in [0.15, 0.2) is 0 Å². The molecule has 0 radical (unpaired) electrons. The van der Waals surface area contributed by atoms with Gasteiger partial charge >= 0.3 is 6.18 Å². The summed E-state index contributed by atoms with van der Waals surface area (Å²) in [6, 6.07) is 0. The molecular weight excluding hydrogens is 298 g/mol. The van der Waals surface area contributed by atoms with Crippen LogP contribution in [0.25, 0.3) is 11.0 Å². The van der Waals surface area contributed by atoms with E-state index in [1.54, 1.807) is 13.8 Å². The lowest BCUT2D eigenvalue weighted by atomic mass is 10.1. The molecule has 1 heterocycles. The fourth-order valence-electron chi connectivity index (χ4n) is 2.62. The standard InChI is InChI=1S/C13H13F6N2/c1-4-20-6(3)21(5-2)12-10(16)8(14)7(13(17,18)19)9(15)11(12)20/h4-5H2,1-3H3/q+1. The van der Waals surface area contributed by atoms with Crippen molar-refractivity contribution >= 4 is 11.0 Å². The summed E-state index contributed by atoms with van der Waals surface area (Å²) in [5, 5.41) is 0. The summed E-state index contributed by atoms with van der Waals surface area (Å²) in [6.45, 7) is 5.02. The second-order valence-corrected chi connectivity index (χ2v) is 4.55. The predicted octanol–water partition coefficient (Wildman–Crippen LogP) is 3.71. The van der Waals surface area contributed by atoms with Crippen molar-refractivity contribution in [2.24, 2.45) is 0 Å². The Balaban J connectivity index is 3.10. The first-order valence-corrected chi connectivity index (χ1v) is 6.32. The molecule has 0 saturated carbocycles. The highest BCUT2D eigenvalue weighted by molar-refractivity contribution is 5.75. The maximum atomic E-state index is 14.2. The smallest absolute Gasteiger partial charge is 0.225 e. The zero-order chi connectivity index (χ0) is 16.1. The van der Waals surface area contributed by atoms with E-state index in [0.29, 0.717) is 5.82 Å². The third-order valence-corrected chi connectivity index (χ3v) is 3.51. The van der Waals surface area contributed by atoms with Crippen LogP contribution in [0.4, 0.5) is 26.3 Å². The number of rotatable bonds is 2. The van der Waals surface area contributed by atoms with E-state index in [0.717, 1.165) is 0 Å². The van der Waals surface area contributed by atoms with Crippen molar-refractivity contribution in [2.75, 3.05) is 0 Å². The van der Waals surface area contributed by atoms with Crippen LogP contribution in [0.1, 0.15) is 25.2 Å². The molecule has 0 atom stereocenters. The third kappa shape index (κ3) is 2.08. The Morgan fingerprint density at radius 3 is 2.00 bits per heavy atom. The fraction of sp³-hybridized carbons (Fsp3) is 0.462. The van der Waals surface area contributed by atoms with Crippen molar-refractivity contribution in [3.05, 3.63) is 28.8 Å². The van der Waals surface area contributed by atoms with Crippen LogP contribution in [-0.2, 0) is 19.3 Å². The molecule has 0 aliphatic heterocycles. The van der Waals surface area contributed by atoms with Crippen molar-refractivity contribution in [3.63, 3.8) is 0 Å². The van der Waals surface area contributed by atoms with Crippen LogP contribution in [0, 0.1) is 24.4 Å². The molecule has 21 heavy (non-hydrogen) atoms. The van der Waals surface area contributed by atoms with Crippen LogP contribution in [-0.4, -0.2) is 4.57 Å². The Morgan fingerprint density at radius 1 is 1.00 bits per heavy atom. The van der Waals surface area contributed by atoms with E-state index in [2.05, 4.69) is 0 Å². The minimum absolute atomic E-state index is 0.134. The zero-order valence-electron chi connectivity index (χ0n) is 11.6. The van der Waals surface area contributed by atoms with Crippen LogP contribution in [0.5, 0.6) is 0 Å². The van der Waals surface area contributed by atoms with Gasteiger partial charge in [0.2, 0.25) is 16.9 Å². The Bertz CT molecular complexity index is 714. The van der Waals surface area contributed by atoms with Crippen LogP contribution in [0.3, 0.4) is 0 Å². The van der Waals surface area contributed by atoms with E-state index in [-0.39, 0.29) is 13.1 Å². The first-order valence-electron chi connectivity index (χ1n) is 6.32. The van der Waals surface area contributed by atoms with Crippen molar-refractivity contribution in [1.82, 2.24) is 4.57 Å². The lowest BCUT2D eigenvalue weighted by Crippen LogP contribution is -2.36. The van der Waals surface area contributed by atoms with E-state index in [1.165, 1.54) is 16.1 Å². The van der Waals surface area contributed by atoms with Crippen LogP contribution >= 0.6 is 0 Å². The number of aryl methyl sites for hydroxylation is 2. The normalized spacial score (nSPS) is 12.4. The first kappa shape index (κ1) is 15.7. The van der Waals surface area contributed by atoms with Gasteiger partial charge in [-0.25, -0.2) is 17.9 Å². The maximum absolute atomic E-state index is 14.2. The molecule has 8 heteroatoms. The largest absolute Gasteiger partial charge is 0.422 e. The summed E-state index contributed by atoms with van der Waals surface area (Å²) in [5.74, 6) is -5.32. The third-order valence-electron chi connectivity index (χ3n) is 3.51. The van der Waals surface area contributed by atoms with Gasteiger partial charge in [-0.05, 0) is 13.8 Å². The number of halogens is 6. The van der Waals surface area contributed by atoms with E-state index in [4.69, 9.17) is 0 Å². The van der Waals surface area contributed by atoms with E-state index in [1.807, 2.05) is 0 Å². The predicted molar refractivity (Wildman–Crippen MR) is 63.1 cm³/mol. The van der Waals surface area contributed by atoms with Gasteiger partial charge < -0.3 is 0 Å². The maximum Gasteiger partial charge on any atom is 0.422 e. The molecule has 0 N–H and O–H groups in total. The molecule has 1 aromatic carbocycles. The van der Waals surface area contributed by atoms with Gasteiger partial charge in [-0.2, -0.15) is 17.6 Å². The average Bonchev–Trinajstić information content (AvgIpc) is 2.67. The minimum Gasteiger partial charge on any atom is -0.225 e. The van der Waals surface area contributed by atoms with Gasteiger partial charge in [0.15, 0.2) is 11.6 Å². The molecule has 0 saturated heterocycles. The molecular formula is C13H13F6N2+. The topological polar surface area (TPSA) is 8.81 Å². The lowest BCUT2D eigenvalue weighted by Gasteiger charge is -2.10. The number of aromatic nitrogens is 2. The van der Waals surface area contributed by atoms with Crippen molar-refractivity contribution in [2.45, 2.75) is 40.0 Å². The summed E-state index contributed by atoms with van der Waals surface area (Å²) in [4.78, 5) is 0. The number of hydrogen-bond acceptors (Lipinski definition) is 0. The SMILES string of the molecule is CCn1c(C)[n+](CC)c2c(F)c(F)c(C(F)(F)F)c(F)c21. The molecule has 0 amide bonds. The summed E-state index contributed by atoms with van der Waals surface area (Å²) in [5.41, 5.74) is -3.24. The van der Waals surface area contributed by atoms with Gasteiger partial charge in [-0.3, -0.25) is 0 Å². The zero-order valence-corrected chi connectivity index (χ0v) is 11.6. The highest BCUT2D eigenvalue weighted by Crippen LogP contribution is 2.38. The molecule has 0 aliphatic rings. The van der Waals surface area contributed by atoms with Crippen molar-refractivity contribution < 1.29 is 30.9 Å². The molecule has 2 nitrogen and oxygen atoms in total. The van der Waals surface area contributed by atoms with Gasteiger partial charge in [0.1, 0.15) is 5.56 Å². The number of nitrogens with zero attached hydrogens (tertiary/aromatic N) is 2. The van der Waals surface area contributed by atoms with Crippen molar-refractivity contribution in [1.29, 1.82) is 0 Å². The Labute approximate surface area is 116 Å². The molecule has 0 bridgehead atoms. The molecule has 2 aromatic rings.